The summed E-state index contributed by atoms with van der Waals surface area (Å²) in [5.41, 5.74) is 0. The number of rotatable bonds is 5. The summed E-state index contributed by atoms with van der Waals surface area (Å²) in [6, 6.07) is 0.244. The van der Waals surface area contributed by atoms with Crippen LogP contribution in [0, 0.1) is 0 Å². The summed E-state index contributed by atoms with van der Waals surface area (Å²) in [7, 11) is 0. The van der Waals surface area contributed by atoms with E-state index in [4.69, 9.17) is 21.1 Å². The minimum absolute atomic E-state index is 0.113. The predicted molar refractivity (Wildman–Crippen MR) is 37.8 cm³/mol. The van der Waals surface area contributed by atoms with Gasteiger partial charge in [-0.05, 0) is 13.8 Å². The lowest BCUT2D eigenvalue weighted by molar-refractivity contribution is 0.0153. The first-order valence-corrected chi connectivity index (χ1v) is 3.60. The van der Waals surface area contributed by atoms with Crippen molar-refractivity contribution < 1.29 is 9.47 Å². The number of ether oxygens (including phenoxy) is 2. The fourth-order valence-corrected chi connectivity index (χ4v) is 0.655. The maximum atomic E-state index is 5.30. The molecular formula is C6H13ClO2. The Bertz CT molecular complexity index is 59.0. The molecule has 0 aromatic heterocycles. The van der Waals surface area contributed by atoms with Gasteiger partial charge in [-0.2, -0.15) is 0 Å². The van der Waals surface area contributed by atoms with Crippen molar-refractivity contribution in [2.75, 3.05) is 19.3 Å². The van der Waals surface area contributed by atoms with E-state index in [1.165, 1.54) is 0 Å². The molecule has 0 amide bonds. The Morgan fingerprint density at radius 2 is 2.22 bits per heavy atom. The second kappa shape index (κ2) is 6.33. The van der Waals surface area contributed by atoms with Gasteiger partial charge in [-0.1, -0.05) is 11.6 Å². The summed E-state index contributed by atoms with van der Waals surface area (Å²) >= 11 is 5.30. The molecule has 2 nitrogen and oxygen atoms in total. The van der Waals surface area contributed by atoms with Crippen molar-refractivity contribution in [3.05, 3.63) is 0 Å². The van der Waals surface area contributed by atoms with Gasteiger partial charge in [-0.25, -0.2) is 0 Å². The van der Waals surface area contributed by atoms with E-state index in [2.05, 4.69) is 0 Å². The molecule has 56 valence electrons. The van der Waals surface area contributed by atoms with Gasteiger partial charge in [-0.15, -0.1) is 0 Å². The van der Waals surface area contributed by atoms with Crippen molar-refractivity contribution in [3.8, 4) is 0 Å². The van der Waals surface area contributed by atoms with Gasteiger partial charge in [0.25, 0.3) is 0 Å². The molecule has 0 radical (unpaired) electrons. The second-order valence-electron chi connectivity index (χ2n) is 1.75. The number of alkyl halides is 1. The first kappa shape index (κ1) is 9.21. The van der Waals surface area contributed by atoms with E-state index < -0.39 is 0 Å². The Morgan fingerprint density at radius 3 is 2.67 bits per heavy atom. The van der Waals surface area contributed by atoms with Crippen LogP contribution in [0.1, 0.15) is 13.8 Å². The maximum Gasteiger partial charge on any atom is 0.121 e. The quantitative estimate of drug-likeness (QED) is 0.558. The van der Waals surface area contributed by atoms with Crippen LogP contribution in [0.25, 0.3) is 0 Å². The topological polar surface area (TPSA) is 18.5 Å². The number of hydrogen-bond acceptors (Lipinski definition) is 2. The third-order valence-corrected chi connectivity index (χ3v) is 1.03. The van der Waals surface area contributed by atoms with E-state index in [1.54, 1.807) is 0 Å². The first-order chi connectivity index (χ1) is 4.31. The van der Waals surface area contributed by atoms with Crippen molar-refractivity contribution in [1.29, 1.82) is 0 Å². The van der Waals surface area contributed by atoms with Crippen molar-refractivity contribution in [2.24, 2.45) is 0 Å². The average Bonchev–Trinajstić information content (AvgIpc) is 1.85. The van der Waals surface area contributed by atoms with E-state index in [0.29, 0.717) is 6.61 Å². The summed E-state index contributed by atoms with van der Waals surface area (Å²) in [6.07, 6.45) is 0.113. The second-order valence-corrected chi connectivity index (χ2v) is 1.96. The van der Waals surface area contributed by atoms with E-state index in [9.17, 15) is 0 Å². The Hall–Kier alpha value is 0.210. The molecule has 0 rings (SSSR count). The van der Waals surface area contributed by atoms with E-state index in [-0.39, 0.29) is 12.2 Å². The molecule has 0 saturated carbocycles. The van der Waals surface area contributed by atoms with Crippen LogP contribution < -0.4 is 0 Å². The molecule has 0 aliphatic rings. The molecule has 0 heterocycles. The lowest BCUT2D eigenvalue weighted by Gasteiger charge is -2.09. The van der Waals surface area contributed by atoms with Crippen LogP contribution in [0.4, 0.5) is 0 Å². The van der Waals surface area contributed by atoms with Crippen LogP contribution in [0.3, 0.4) is 0 Å². The van der Waals surface area contributed by atoms with Crippen molar-refractivity contribution in [2.45, 2.75) is 20.0 Å². The third-order valence-electron chi connectivity index (χ3n) is 0.904. The lowest BCUT2D eigenvalue weighted by Crippen LogP contribution is -2.14. The van der Waals surface area contributed by atoms with Gasteiger partial charge in [-0.3, -0.25) is 0 Å². The fourth-order valence-electron chi connectivity index (χ4n) is 0.439. The molecule has 0 N–H and O–H groups in total. The molecule has 0 aromatic rings. The van der Waals surface area contributed by atoms with Gasteiger partial charge in [0.1, 0.15) is 6.07 Å². The lowest BCUT2D eigenvalue weighted by atomic mass is 10.4. The normalized spacial score (nSPS) is 13.7. The Balaban J connectivity index is 2.95. The minimum Gasteiger partial charge on any atom is -0.379 e. The van der Waals surface area contributed by atoms with Gasteiger partial charge in [0.05, 0.1) is 12.7 Å². The molecule has 3 heteroatoms. The van der Waals surface area contributed by atoms with Crippen LogP contribution in [-0.2, 0) is 9.47 Å². The maximum absolute atomic E-state index is 5.30. The van der Waals surface area contributed by atoms with Gasteiger partial charge < -0.3 is 9.47 Å². The third kappa shape index (κ3) is 6.09. The standard InChI is InChI=1S/C6H13ClO2/c1-3-8-4-6(2)9-5-7/h6H,3-5H2,1-2H3. The minimum atomic E-state index is 0.113. The molecule has 9 heavy (non-hydrogen) atoms. The monoisotopic (exact) mass is 152 g/mol. The summed E-state index contributed by atoms with van der Waals surface area (Å²) in [6.45, 7) is 5.24. The summed E-state index contributed by atoms with van der Waals surface area (Å²) in [5, 5.41) is 0. The van der Waals surface area contributed by atoms with E-state index in [0.717, 1.165) is 6.61 Å². The molecule has 0 aromatic carbocycles. The van der Waals surface area contributed by atoms with Crippen LogP contribution in [0.5, 0.6) is 0 Å². The highest BCUT2D eigenvalue weighted by molar-refractivity contribution is 6.17. The zero-order chi connectivity index (χ0) is 7.11. The van der Waals surface area contributed by atoms with Crippen LogP contribution >= 0.6 is 11.6 Å². The van der Waals surface area contributed by atoms with E-state index >= 15 is 0 Å². The molecule has 0 saturated heterocycles. The molecular weight excluding hydrogens is 140 g/mol. The van der Waals surface area contributed by atoms with Gasteiger partial charge >= 0.3 is 0 Å². The highest BCUT2D eigenvalue weighted by Crippen LogP contribution is 1.92. The average molecular weight is 153 g/mol. The molecule has 1 atom stereocenters. The number of hydrogen-bond donors (Lipinski definition) is 0. The highest BCUT2D eigenvalue weighted by Gasteiger charge is 1.98. The van der Waals surface area contributed by atoms with Crippen LogP contribution in [0.2, 0.25) is 0 Å². The first-order valence-electron chi connectivity index (χ1n) is 3.06. The van der Waals surface area contributed by atoms with Crippen molar-refractivity contribution in [1.82, 2.24) is 0 Å². The molecule has 0 spiro atoms. The molecule has 0 fully saturated rings. The Labute approximate surface area is 61.1 Å². The van der Waals surface area contributed by atoms with Crippen LogP contribution in [0.15, 0.2) is 0 Å². The van der Waals surface area contributed by atoms with Gasteiger partial charge in [0.15, 0.2) is 0 Å². The molecule has 0 aliphatic carbocycles. The van der Waals surface area contributed by atoms with Gasteiger partial charge in [0.2, 0.25) is 0 Å². The van der Waals surface area contributed by atoms with Crippen molar-refractivity contribution in [3.63, 3.8) is 0 Å². The van der Waals surface area contributed by atoms with E-state index in [1.807, 2.05) is 13.8 Å². The smallest absolute Gasteiger partial charge is 0.121 e. The molecule has 0 aliphatic heterocycles. The molecule has 0 bridgehead atoms. The zero-order valence-corrected chi connectivity index (χ0v) is 6.65. The predicted octanol–water partition coefficient (Wildman–Crippen LogP) is 1.62. The summed E-state index contributed by atoms with van der Waals surface area (Å²) < 4.78 is 10.0. The number of halogens is 1. The summed E-state index contributed by atoms with van der Waals surface area (Å²) in [5.74, 6) is 0. The van der Waals surface area contributed by atoms with Gasteiger partial charge in [0, 0.05) is 6.61 Å². The Kier molecular flexibility index (Phi) is 6.48. The Morgan fingerprint density at radius 1 is 1.56 bits per heavy atom. The van der Waals surface area contributed by atoms with Crippen LogP contribution in [-0.4, -0.2) is 25.4 Å². The SMILES string of the molecule is CCOCC(C)OCCl. The molecule has 1 unspecified atom stereocenters. The zero-order valence-electron chi connectivity index (χ0n) is 5.89. The van der Waals surface area contributed by atoms with Crippen molar-refractivity contribution >= 4 is 11.6 Å². The largest absolute Gasteiger partial charge is 0.379 e. The fraction of sp³-hybridized carbons (Fsp3) is 1.00. The summed E-state index contributed by atoms with van der Waals surface area (Å²) in [4.78, 5) is 0. The highest BCUT2D eigenvalue weighted by atomic mass is 35.5.